The molecule has 2 aromatic carbocycles. The Morgan fingerprint density at radius 3 is 2.22 bits per heavy atom. The van der Waals surface area contributed by atoms with E-state index in [2.05, 4.69) is 46.6 Å². The van der Waals surface area contributed by atoms with Gasteiger partial charge >= 0.3 is 12.1 Å². The Bertz CT molecular complexity index is 1570. The molecular formula is C37H47N5O5S2. The summed E-state index contributed by atoms with van der Waals surface area (Å²) in [7, 11) is 3.21. The van der Waals surface area contributed by atoms with E-state index in [1.54, 1.807) is 30.1 Å². The molecule has 0 radical (unpaired) electrons. The van der Waals surface area contributed by atoms with Crippen molar-refractivity contribution in [3.63, 3.8) is 0 Å². The van der Waals surface area contributed by atoms with Crippen LogP contribution in [-0.4, -0.2) is 65.6 Å². The number of hydrogen-bond acceptors (Lipinski definition) is 9. The quantitative estimate of drug-likeness (QED) is 0.108. The molecule has 0 unspecified atom stereocenters. The lowest BCUT2D eigenvalue weighted by atomic mass is 9.86. The number of methoxy groups -OCH3 is 1. The first-order chi connectivity index (χ1) is 23.7. The second-order valence-electron chi connectivity index (χ2n) is 12.5. The van der Waals surface area contributed by atoms with Crippen LogP contribution in [0.3, 0.4) is 0 Å². The Morgan fingerprint density at radius 2 is 1.61 bits per heavy atom. The van der Waals surface area contributed by atoms with Crippen molar-refractivity contribution in [2.24, 2.45) is 5.92 Å². The van der Waals surface area contributed by atoms with Crippen LogP contribution in [0.4, 0.5) is 9.59 Å². The van der Waals surface area contributed by atoms with Crippen LogP contribution in [0.1, 0.15) is 65.7 Å². The summed E-state index contributed by atoms with van der Waals surface area (Å²) in [6, 6.07) is 18.7. The number of thiazole rings is 2. The van der Waals surface area contributed by atoms with Gasteiger partial charge in [0.05, 0.1) is 34.2 Å². The van der Waals surface area contributed by atoms with Crippen LogP contribution in [0, 0.1) is 5.92 Å². The van der Waals surface area contributed by atoms with Gasteiger partial charge in [0.1, 0.15) is 12.6 Å². The molecule has 10 nitrogen and oxygen atoms in total. The Hall–Kier alpha value is -4.13. The number of hydrogen-bond donors (Lipinski definition) is 2. The van der Waals surface area contributed by atoms with E-state index in [0.29, 0.717) is 38.1 Å². The average Bonchev–Trinajstić information content (AvgIpc) is 3.80. The van der Waals surface area contributed by atoms with Crippen LogP contribution in [0.25, 0.3) is 0 Å². The van der Waals surface area contributed by atoms with E-state index >= 15 is 0 Å². The first-order valence-electron chi connectivity index (χ1n) is 16.6. The van der Waals surface area contributed by atoms with E-state index in [-0.39, 0.29) is 43.4 Å². The predicted molar refractivity (Wildman–Crippen MR) is 194 cm³/mol. The molecule has 0 aliphatic heterocycles. The van der Waals surface area contributed by atoms with Gasteiger partial charge in [-0.25, -0.2) is 14.6 Å². The van der Waals surface area contributed by atoms with E-state index < -0.39 is 12.1 Å². The minimum atomic E-state index is -0.806. The molecule has 3 amide bonds. The monoisotopic (exact) mass is 705 g/mol. The van der Waals surface area contributed by atoms with Crippen molar-refractivity contribution in [3.8, 4) is 0 Å². The molecule has 0 saturated carbocycles. The number of urea groups is 1. The summed E-state index contributed by atoms with van der Waals surface area (Å²) in [5.41, 5.74) is 4.73. The molecule has 0 aliphatic carbocycles. The molecule has 0 bridgehead atoms. The molecule has 0 spiro atoms. The van der Waals surface area contributed by atoms with Gasteiger partial charge in [-0.15, -0.1) is 22.7 Å². The number of benzene rings is 2. The molecule has 262 valence electrons. The number of rotatable bonds is 19. The predicted octanol–water partition coefficient (Wildman–Crippen LogP) is 7.02. The molecule has 2 N–H and O–H groups in total. The van der Waals surface area contributed by atoms with Crippen molar-refractivity contribution in [2.45, 2.75) is 77.1 Å². The number of Topliss-reactive ketones (excluding diaryl/α,β-unsaturated/α-hetero) is 1. The van der Waals surface area contributed by atoms with E-state index in [9.17, 15) is 14.4 Å². The fourth-order valence-corrected chi connectivity index (χ4v) is 6.82. The fraction of sp³-hybridized carbons (Fsp3) is 0.432. The van der Waals surface area contributed by atoms with Gasteiger partial charge in [0.15, 0.2) is 5.78 Å². The summed E-state index contributed by atoms with van der Waals surface area (Å²) in [5.74, 6) is 0.177. The van der Waals surface area contributed by atoms with E-state index in [0.717, 1.165) is 26.7 Å². The normalized spacial score (nSPS) is 13.0. The number of amides is 3. The lowest BCUT2D eigenvalue weighted by Gasteiger charge is -2.25. The van der Waals surface area contributed by atoms with Crippen molar-refractivity contribution in [3.05, 3.63) is 104 Å². The number of nitrogens with zero attached hydrogens (tertiary/aromatic N) is 3. The third-order valence-electron chi connectivity index (χ3n) is 8.09. The van der Waals surface area contributed by atoms with Crippen LogP contribution in [-0.2, 0) is 40.3 Å². The highest BCUT2D eigenvalue weighted by Gasteiger charge is 2.27. The molecule has 0 fully saturated rings. The van der Waals surface area contributed by atoms with Crippen LogP contribution >= 0.6 is 22.7 Å². The van der Waals surface area contributed by atoms with Crippen molar-refractivity contribution >= 4 is 40.6 Å². The third kappa shape index (κ3) is 13.0. The molecule has 2 heterocycles. The molecule has 2 aromatic heterocycles. The second-order valence-corrected chi connectivity index (χ2v) is 14.4. The highest BCUT2D eigenvalue weighted by Crippen LogP contribution is 2.23. The van der Waals surface area contributed by atoms with Crippen LogP contribution in [0.5, 0.6) is 0 Å². The van der Waals surface area contributed by atoms with E-state index in [4.69, 9.17) is 9.47 Å². The van der Waals surface area contributed by atoms with Crippen molar-refractivity contribution in [1.29, 1.82) is 0 Å². The number of carbonyl (C=O) groups excluding carboxylic acids is 3. The topological polar surface area (TPSA) is 123 Å². The smallest absolute Gasteiger partial charge is 0.407 e. The number of ether oxygens (including phenoxy) is 2. The molecule has 0 aliphatic rings. The Balaban J connectivity index is 1.42. The highest BCUT2D eigenvalue weighted by molar-refractivity contribution is 7.09. The van der Waals surface area contributed by atoms with Crippen molar-refractivity contribution in [2.75, 3.05) is 20.8 Å². The molecular weight excluding hydrogens is 659 g/mol. The number of aromatic nitrogens is 2. The van der Waals surface area contributed by atoms with Crippen LogP contribution < -0.4 is 10.6 Å². The van der Waals surface area contributed by atoms with Crippen molar-refractivity contribution in [1.82, 2.24) is 25.5 Å². The average molecular weight is 706 g/mol. The Labute approximate surface area is 297 Å². The van der Waals surface area contributed by atoms with Crippen molar-refractivity contribution < 1.29 is 23.9 Å². The number of ketones is 1. The largest absolute Gasteiger partial charge is 0.444 e. The molecule has 4 rings (SSSR count). The van der Waals surface area contributed by atoms with Gasteiger partial charge in [0.25, 0.3) is 0 Å². The van der Waals surface area contributed by atoms with Gasteiger partial charge in [0, 0.05) is 44.1 Å². The lowest BCUT2D eigenvalue weighted by molar-refractivity contribution is -0.123. The van der Waals surface area contributed by atoms with Gasteiger partial charge in [-0.2, -0.15) is 0 Å². The molecule has 0 saturated heterocycles. The minimum absolute atomic E-state index is 0.0402. The lowest BCUT2D eigenvalue weighted by Crippen LogP contribution is -2.49. The molecule has 49 heavy (non-hydrogen) atoms. The zero-order valence-corrected chi connectivity index (χ0v) is 30.3. The Morgan fingerprint density at radius 1 is 0.918 bits per heavy atom. The SMILES string of the molecule is COC[C@H](NC(=O)N(C)Cc1csc(C(C)C)n1)C(=O)C[C@H](CC[C@H](Cc1ccccc1)NC(=O)OCc1cncs1)Cc1ccccc1. The second kappa shape index (κ2) is 19.8. The number of nitrogens with one attached hydrogen (secondary N) is 2. The minimum Gasteiger partial charge on any atom is -0.444 e. The van der Waals surface area contributed by atoms with Gasteiger partial charge < -0.3 is 25.0 Å². The third-order valence-corrected chi connectivity index (χ3v) is 10.0. The van der Waals surface area contributed by atoms with Crippen LogP contribution in [0.15, 0.2) is 77.8 Å². The summed E-state index contributed by atoms with van der Waals surface area (Å²) in [6.45, 7) is 4.73. The molecule has 12 heteroatoms. The van der Waals surface area contributed by atoms with E-state index in [1.807, 2.05) is 53.9 Å². The molecule has 4 aromatic rings. The zero-order valence-electron chi connectivity index (χ0n) is 28.7. The summed E-state index contributed by atoms with van der Waals surface area (Å²) in [6.07, 6.45) is 4.03. The first-order valence-corrected chi connectivity index (χ1v) is 18.3. The fourth-order valence-electron chi connectivity index (χ4n) is 5.49. The van der Waals surface area contributed by atoms with Gasteiger partial charge in [0.2, 0.25) is 0 Å². The highest BCUT2D eigenvalue weighted by atomic mass is 32.1. The maximum Gasteiger partial charge on any atom is 0.407 e. The molecule has 3 atom stereocenters. The van der Waals surface area contributed by atoms with Gasteiger partial charge in [-0.05, 0) is 42.7 Å². The summed E-state index contributed by atoms with van der Waals surface area (Å²) in [4.78, 5) is 50.9. The summed E-state index contributed by atoms with van der Waals surface area (Å²) < 4.78 is 10.9. The Kier molecular flexibility index (Phi) is 15.2. The zero-order chi connectivity index (χ0) is 35.0. The van der Waals surface area contributed by atoms with Gasteiger partial charge in [-0.1, -0.05) is 74.5 Å². The summed E-state index contributed by atoms with van der Waals surface area (Å²) >= 11 is 3.01. The standard InChI is InChI=1S/C37H47N5O5S2/c1-26(2)35-39-31(24-48-35)21-42(3)36(44)41-33(23-46-4)34(43)19-29(17-27-11-7-5-8-12-27)15-16-30(18-28-13-9-6-10-14-28)40-37(45)47-22-32-20-38-25-49-32/h5-14,20,24-26,29-30,33H,15-19,21-23H2,1-4H3,(H,40,45)(H,41,44)/t29-,30-,33+/m1/s1. The van der Waals surface area contributed by atoms with Gasteiger partial charge in [-0.3, -0.25) is 9.78 Å². The van der Waals surface area contributed by atoms with Crippen LogP contribution in [0.2, 0.25) is 0 Å². The number of alkyl carbamates (subject to hydrolysis) is 1. The maximum atomic E-state index is 13.8. The maximum absolute atomic E-state index is 13.8. The summed E-state index contributed by atoms with van der Waals surface area (Å²) in [5, 5.41) is 8.94. The number of carbonyl (C=O) groups is 3. The first kappa shape index (κ1) is 37.7. The van der Waals surface area contributed by atoms with E-state index in [1.165, 1.54) is 23.3 Å².